The Kier molecular flexibility index (Phi) is 8.21. The van der Waals surface area contributed by atoms with Gasteiger partial charge in [-0.25, -0.2) is 0 Å². The lowest BCUT2D eigenvalue weighted by atomic mass is 9.73. The highest BCUT2D eigenvalue weighted by molar-refractivity contribution is 5.97. The van der Waals surface area contributed by atoms with Gasteiger partial charge in [0.05, 0.1) is 0 Å². The van der Waals surface area contributed by atoms with Crippen molar-refractivity contribution in [2.24, 2.45) is 0 Å². The molecule has 0 saturated carbocycles. The minimum Gasteiger partial charge on any atom is -0.0642 e. The van der Waals surface area contributed by atoms with Gasteiger partial charge < -0.3 is 0 Å². The average Bonchev–Trinajstić information content (AvgIpc) is 3.84. The Morgan fingerprint density at radius 3 is 1.16 bits per heavy atom. The molecule has 0 heterocycles. The Hall–Kier alpha value is -6.76. The van der Waals surface area contributed by atoms with E-state index in [0.29, 0.717) is 0 Å². The van der Waals surface area contributed by atoms with Gasteiger partial charge in [0.25, 0.3) is 0 Å². The highest BCUT2D eigenvalue weighted by atomic mass is 14.4. The second-order valence-corrected chi connectivity index (χ2v) is 19.5. The van der Waals surface area contributed by atoms with Gasteiger partial charge in [0.2, 0.25) is 0 Å². The van der Waals surface area contributed by atoms with Crippen molar-refractivity contribution >= 4 is 10.8 Å². The molecule has 0 amide bonds. The molecule has 0 aromatic heterocycles. The van der Waals surface area contributed by atoms with E-state index in [9.17, 15) is 0 Å². The Morgan fingerprint density at radius 2 is 0.635 bits per heavy atom. The molecule has 0 bridgehead atoms. The zero-order valence-electron chi connectivity index (χ0n) is 37.2. The highest BCUT2D eigenvalue weighted by Gasteiger charge is 2.42. The van der Waals surface area contributed by atoms with E-state index in [2.05, 4.69) is 224 Å². The van der Waals surface area contributed by atoms with Gasteiger partial charge in [-0.1, -0.05) is 193 Å². The minimum absolute atomic E-state index is 0.0209. The molecule has 0 spiro atoms. The van der Waals surface area contributed by atoms with Crippen molar-refractivity contribution in [2.75, 3.05) is 0 Å². The molecule has 304 valence electrons. The topological polar surface area (TPSA) is 0 Å². The first-order valence-corrected chi connectivity index (χ1v) is 23.0. The van der Waals surface area contributed by atoms with E-state index in [1.54, 1.807) is 0 Å². The molecule has 12 rings (SSSR count). The Labute approximate surface area is 373 Å². The van der Waals surface area contributed by atoms with Crippen LogP contribution in [0.4, 0.5) is 0 Å². The molecule has 9 aromatic carbocycles. The predicted molar refractivity (Wildman–Crippen MR) is 268 cm³/mol. The molecule has 9 aromatic rings. The van der Waals surface area contributed by atoms with Gasteiger partial charge in [-0.3, -0.25) is 0 Å². The lowest BCUT2D eigenvalue weighted by molar-refractivity contribution is 0.491. The summed E-state index contributed by atoms with van der Waals surface area (Å²) < 4.78 is 0. The monoisotopic (exact) mass is 808 g/mol. The molecule has 0 heteroatoms. The maximum absolute atomic E-state index is 2.54. The van der Waals surface area contributed by atoms with Gasteiger partial charge in [-0.05, 0) is 165 Å². The minimum atomic E-state index is -0.130. The first-order valence-electron chi connectivity index (χ1n) is 23.0. The van der Waals surface area contributed by atoms with Crippen LogP contribution in [0.25, 0.3) is 88.7 Å². The van der Waals surface area contributed by atoms with E-state index in [-0.39, 0.29) is 16.2 Å². The van der Waals surface area contributed by atoms with Crippen LogP contribution >= 0.6 is 0 Å². The molecule has 3 aliphatic rings. The van der Waals surface area contributed by atoms with Crippen molar-refractivity contribution in [1.82, 2.24) is 0 Å². The number of rotatable bonds is 6. The van der Waals surface area contributed by atoms with E-state index >= 15 is 0 Å². The molecule has 0 unspecified atom stereocenters. The van der Waals surface area contributed by atoms with Gasteiger partial charge in [0.15, 0.2) is 0 Å². The van der Waals surface area contributed by atoms with Crippen LogP contribution in [-0.2, 0) is 16.2 Å². The lowest BCUT2D eigenvalue weighted by Crippen LogP contribution is -2.23. The number of benzene rings is 9. The SMILES string of the molecule is CCC1(CC)c2cc(-c3ccc4c(c3)C(C)(C)c3ccccc3-4)ccc2-c2ccc(-c3ccc4c(c3)C(C)(C)c3cc(-c5ccc(-c6cccc7ccccc67)cc5)ccc3-4)cc21. The third-order valence-corrected chi connectivity index (χ3v) is 15.8. The Morgan fingerprint density at radius 1 is 0.286 bits per heavy atom. The molecule has 0 atom stereocenters. The Bertz CT molecular complexity index is 3340. The fraction of sp³-hybridized carbons (Fsp3) is 0.175. The van der Waals surface area contributed by atoms with Crippen molar-refractivity contribution in [3.05, 3.63) is 215 Å². The summed E-state index contributed by atoms with van der Waals surface area (Å²) in [6, 6.07) is 69.5. The second kappa shape index (κ2) is 13.6. The predicted octanol–water partition coefficient (Wildman–Crippen LogP) is 17.2. The molecule has 0 nitrogen and oxygen atoms in total. The molecule has 3 aliphatic carbocycles. The van der Waals surface area contributed by atoms with E-state index in [0.717, 1.165) is 12.8 Å². The third-order valence-electron chi connectivity index (χ3n) is 15.8. The van der Waals surface area contributed by atoms with Crippen LogP contribution in [0.5, 0.6) is 0 Å². The number of hydrogen-bond donors (Lipinski definition) is 0. The molecule has 0 aliphatic heterocycles. The average molecular weight is 809 g/mol. The number of hydrogen-bond acceptors (Lipinski definition) is 0. The van der Waals surface area contributed by atoms with Crippen LogP contribution in [0.3, 0.4) is 0 Å². The fourth-order valence-electron chi connectivity index (χ4n) is 12.2. The van der Waals surface area contributed by atoms with Crippen molar-refractivity contribution < 1.29 is 0 Å². The van der Waals surface area contributed by atoms with Gasteiger partial charge in [0, 0.05) is 16.2 Å². The van der Waals surface area contributed by atoms with Crippen LogP contribution in [0.2, 0.25) is 0 Å². The molecule has 0 N–H and O–H groups in total. The maximum Gasteiger partial charge on any atom is 0.0210 e. The molecule has 0 radical (unpaired) electrons. The lowest BCUT2D eigenvalue weighted by Gasteiger charge is -2.30. The van der Waals surface area contributed by atoms with Crippen LogP contribution < -0.4 is 0 Å². The molecular weight excluding hydrogens is 757 g/mol. The molecule has 0 saturated heterocycles. The molecule has 0 fully saturated rings. The Balaban J connectivity index is 0.862. The first kappa shape index (κ1) is 38.0. The van der Waals surface area contributed by atoms with Gasteiger partial charge >= 0.3 is 0 Å². The number of fused-ring (bicyclic) bond motifs is 10. The van der Waals surface area contributed by atoms with Crippen molar-refractivity contribution in [3.63, 3.8) is 0 Å². The van der Waals surface area contributed by atoms with Crippen LogP contribution in [0.1, 0.15) is 87.8 Å². The maximum atomic E-state index is 2.54. The summed E-state index contributed by atoms with van der Waals surface area (Å²) in [6.45, 7) is 14.3. The zero-order valence-corrected chi connectivity index (χ0v) is 37.2. The molecular formula is C63H52. The van der Waals surface area contributed by atoms with Crippen LogP contribution in [0.15, 0.2) is 182 Å². The van der Waals surface area contributed by atoms with E-state index in [1.807, 2.05) is 0 Å². The van der Waals surface area contributed by atoms with Crippen molar-refractivity contribution in [2.45, 2.75) is 70.6 Å². The van der Waals surface area contributed by atoms with Gasteiger partial charge in [0.1, 0.15) is 0 Å². The van der Waals surface area contributed by atoms with E-state index < -0.39 is 0 Å². The first-order chi connectivity index (χ1) is 30.6. The normalized spacial score (nSPS) is 15.3. The summed E-state index contributed by atoms with van der Waals surface area (Å²) in [7, 11) is 0. The van der Waals surface area contributed by atoms with E-state index in [1.165, 1.54) is 122 Å². The van der Waals surface area contributed by atoms with Crippen molar-refractivity contribution in [3.8, 4) is 77.9 Å². The van der Waals surface area contributed by atoms with Gasteiger partial charge in [-0.2, -0.15) is 0 Å². The standard InChI is InChI=1S/C63H52/c1-7-63(8-2)59-37-45(43-25-30-50-49-17-11-12-19-55(49)61(3,4)56(50)35-43)27-32-53(59)54-33-28-46(38-60(54)63)44-26-31-52-51-29-24-42(34-57(51)62(5,6)58(52)36-44)39-20-22-41(23-21-39)48-18-13-15-40-14-9-10-16-47(40)48/h9-38H,7-8H2,1-6H3. The summed E-state index contributed by atoms with van der Waals surface area (Å²) in [4.78, 5) is 0. The van der Waals surface area contributed by atoms with Gasteiger partial charge in [-0.15, -0.1) is 0 Å². The highest BCUT2D eigenvalue weighted by Crippen LogP contribution is 2.56. The molecule has 63 heavy (non-hydrogen) atoms. The summed E-state index contributed by atoms with van der Waals surface area (Å²) in [5, 5.41) is 2.57. The quantitative estimate of drug-likeness (QED) is 0.157. The van der Waals surface area contributed by atoms with Crippen LogP contribution in [-0.4, -0.2) is 0 Å². The fourth-order valence-corrected chi connectivity index (χ4v) is 12.2. The van der Waals surface area contributed by atoms with Crippen LogP contribution in [0, 0.1) is 0 Å². The van der Waals surface area contributed by atoms with Crippen molar-refractivity contribution in [1.29, 1.82) is 0 Å². The summed E-state index contributed by atoms with van der Waals surface area (Å²) in [6.07, 6.45) is 2.12. The summed E-state index contributed by atoms with van der Waals surface area (Å²) in [5.41, 5.74) is 26.9. The smallest absolute Gasteiger partial charge is 0.0210 e. The largest absolute Gasteiger partial charge is 0.0642 e. The van der Waals surface area contributed by atoms with E-state index in [4.69, 9.17) is 0 Å². The zero-order chi connectivity index (χ0) is 42.8. The summed E-state index contributed by atoms with van der Waals surface area (Å²) >= 11 is 0. The third kappa shape index (κ3) is 5.40. The second-order valence-electron chi connectivity index (χ2n) is 19.5. The summed E-state index contributed by atoms with van der Waals surface area (Å²) in [5.74, 6) is 0.